The topological polar surface area (TPSA) is 46.9 Å². The van der Waals surface area contributed by atoms with Gasteiger partial charge in [0.15, 0.2) is 5.82 Å². The van der Waals surface area contributed by atoms with Gasteiger partial charge in [-0.2, -0.15) is 0 Å². The Kier molecular flexibility index (Phi) is 3.61. The van der Waals surface area contributed by atoms with Gasteiger partial charge >= 0.3 is 0 Å². The van der Waals surface area contributed by atoms with Crippen LogP contribution in [0.3, 0.4) is 0 Å². The van der Waals surface area contributed by atoms with Crippen molar-refractivity contribution in [1.29, 1.82) is 0 Å². The van der Waals surface area contributed by atoms with Gasteiger partial charge in [-0.3, -0.25) is 4.79 Å². The predicted octanol–water partition coefficient (Wildman–Crippen LogP) is 3.51. The number of nitrogens with zero attached hydrogens (tertiary/aromatic N) is 2. The predicted molar refractivity (Wildman–Crippen MR) is 82.9 cm³/mol. The zero-order valence-electron chi connectivity index (χ0n) is 11.2. The molecule has 104 valence electrons. The van der Waals surface area contributed by atoms with Crippen molar-refractivity contribution in [3.8, 4) is 0 Å². The summed E-state index contributed by atoms with van der Waals surface area (Å²) in [4.78, 5) is 16.5. The quantitative estimate of drug-likeness (QED) is 0.931. The summed E-state index contributed by atoms with van der Waals surface area (Å²) in [6.07, 6.45) is 5.64. The van der Waals surface area contributed by atoms with E-state index in [-0.39, 0.29) is 11.6 Å². The van der Waals surface area contributed by atoms with Gasteiger partial charge in [-0.05, 0) is 37.5 Å². The molecule has 1 saturated carbocycles. The van der Waals surface area contributed by atoms with E-state index in [2.05, 4.69) is 26.2 Å². The average molecular weight is 334 g/mol. The van der Waals surface area contributed by atoms with Crippen molar-refractivity contribution >= 4 is 21.7 Å². The van der Waals surface area contributed by atoms with Gasteiger partial charge in [-0.15, -0.1) is 0 Å². The molecule has 1 N–H and O–H groups in total. The molecule has 0 bridgehead atoms. The van der Waals surface area contributed by atoms with E-state index in [0.717, 1.165) is 22.9 Å². The SMILES string of the molecule is CC(Nc1nccn(C2CC2)c1=O)c1cccc(Br)c1. The van der Waals surface area contributed by atoms with Crippen LogP contribution in [0.25, 0.3) is 0 Å². The highest BCUT2D eigenvalue weighted by Crippen LogP contribution is 2.33. The third kappa shape index (κ3) is 2.77. The maximum atomic E-state index is 12.3. The number of aromatic nitrogens is 2. The van der Waals surface area contributed by atoms with Crippen molar-refractivity contribution in [3.05, 3.63) is 57.0 Å². The van der Waals surface area contributed by atoms with Crippen LogP contribution in [-0.4, -0.2) is 9.55 Å². The maximum Gasteiger partial charge on any atom is 0.293 e. The lowest BCUT2D eigenvalue weighted by Crippen LogP contribution is -2.24. The van der Waals surface area contributed by atoms with E-state index in [4.69, 9.17) is 0 Å². The van der Waals surface area contributed by atoms with E-state index < -0.39 is 0 Å². The molecule has 0 radical (unpaired) electrons. The largest absolute Gasteiger partial charge is 0.359 e. The van der Waals surface area contributed by atoms with Gasteiger partial charge in [0.2, 0.25) is 0 Å². The molecule has 1 unspecified atom stereocenters. The van der Waals surface area contributed by atoms with E-state index in [1.54, 1.807) is 17.0 Å². The average Bonchev–Trinajstić information content (AvgIpc) is 3.25. The summed E-state index contributed by atoms with van der Waals surface area (Å²) >= 11 is 3.46. The number of benzene rings is 1. The lowest BCUT2D eigenvalue weighted by atomic mass is 10.1. The molecule has 1 aromatic heterocycles. The van der Waals surface area contributed by atoms with Crippen LogP contribution < -0.4 is 10.9 Å². The second-order valence-electron chi connectivity index (χ2n) is 5.14. The van der Waals surface area contributed by atoms with Crippen LogP contribution in [0.15, 0.2) is 45.9 Å². The number of hydrogen-bond acceptors (Lipinski definition) is 3. The number of hydrogen-bond donors (Lipinski definition) is 1. The zero-order valence-corrected chi connectivity index (χ0v) is 12.8. The van der Waals surface area contributed by atoms with E-state index in [1.807, 2.05) is 31.2 Å². The standard InChI is InChI=1S/C15H16BrN3O/c1-10(11-3-2-4-12(16)9-11)18-14-15(20)19(8-7-17-14)13-5-6-13/h2-4,7-10,13H,5-6H2,1H3,(H,17,18). The van der Waals surface area contributed by atoms with Crippen LogP contribution >= 0.6 is 15.9 Å². The summed E-state index contributed by atoms with van der Waals surface area (Å²) in [5.74, 6) is 0.423. The van der Waals surface area contributed by atoms with Crippen LogP contribution in [-0.2, 0) is 0 Å². The molecule has 1 fully saturated rings. The Hall–Kier alpha value is -1.62. The van der Waals surface area contributed by atoms with Gasteiger partial charge < -0.3 is 9.88 Å². The summed E-state index contributed by atoms with van der Waals surface area (Å²) in [5, 5.41) is 3.21. The third-order valence-electron chi connectivity index (χ3n) is 3.51. The van der Waals surface area contributed by atoms with E-state index in [9.17, 15) is 4.79 Å². The molecule has 0 amide bonds. The molecular formula is C15H16BrN3O. The molecule has 1 aromatic carbocycles. The highest BCUT2D eigenvalue weighted by Gasteiger charge is 2.25. The molecule has 5 heteroatoms. The molecule has 1 heterocycles. The first kappa shape index (κ1) is 13.4. The molecule has 0 saturated heterocycles. The Balaban J connectivity index is 1.84. The Labute approximate surface area is 126 Å². The molecule has 1 aliphatic rings. The van der Waals surface area contributed by atoms with Crippen LogP contribution in [0.1, 0.15) is 37.4 Å². The molecular weight excluding hydrogens is 318 g/mol. The number of nitrogens with one attached hydrogen (secondary N) is 1. The van der Waals surface area contributed by atoms with Crippen molar-refractivity contribution in [2.24, 2.45) is 0 Å². The highest BCUT2D eigenvalue weighted by molar-refractivity contribution is 9.10. The lowest BCUT2D eigenvalue weighted by Gasteiger charge is -2.15. The molecule has 0 aliphatic heterocycles. The number of anilines is 1. The van der Waals surface area contributed by atoms with Gasteiger partial charge in [0.25, 0.3) is 5.56 Å². The molecule has 3 rings (SSSR count). The van der Waals surface area contributed by atoms with Crippen molar-refractivity contribution in [2.75, 3.05) is 5.32 Å². The van der Waals surface area contributed by atoms with Crippen molar-refractivity contribution < 1.29 is 0 Å². The minimum absolute atomic E-state index is 0.0303. The van der Waals surface area contributed by atoms with Gasteiger partial charge in [0.05, 0.1) is 6.04 Å². The highest BCUT2D eigenvalue weighted by atomic mass is 79.9. The van der Waals surface area contributed by atoms with Gasteiger partial charge in [-0.1, -0.05) is 28.1 Å². The maximum absolute atomic E-state index is 12.3. The lowest BCUT2D eigenvalue weighted by molar-refractivity contribution is 0.696. The Morgan fingerprint density at radius 3 is 2.95 bits per heavy atom. The van der Waals surface area contributed by atoms with Crippen LogP contribution in [0.5, 0.6) is 0 Å². The molecule has 2 aromatic rings. The van der Waals surface area contributed by atoms with E-state index in [0.29, 0.717) is 11.9 Å². The van der Waals surface area contributed by atoms with E-state index >= 15 is 0 Å². The molecule has 4 nitrogen and oxygen atoms in total. The van der Waals surface area contributed by atoms with E-state index in [1.165, 1.54) is 0 Å². The molecule has 1 atom stereocenters. The fraction of sp³-hybridized carbons (Fsp3) is 0.333. The minimum Gasteiger partial charge on any atom is -0.359 e. The Bertz CT molecular complexity index is 679. The summed E-state index contributed by atoms with van der Waals surface area (Å²) < 4.78 is 2.81. The monoisotopic (exact) mass is 333 g/mol. The van der Waals surface area contributed by atoms with Crippen molar-refractivity contribution in [3.63, 3.8) is 0 Å². The Morgan fingerprint density at radius 1 is 1.45 bits per heavy atom. The van der Waals surface area contributed by atoms with Crippen LogP contribution in [0.4, 0.5) is 5.82 Å². The summed E-state index contributed by atoms with van der Waals surface area (Å²) in [6.45, 7) is 2.03. The third-order valence-corrected chi connectivity index (χ3v) is 4.00. The first-order valence-electron chi connectivity index (χ1n) is 6.74. The smallest absolute Gasteiger partial charge is 0.293 e. The summed E-state index contributed by atoms with van der Waals surface area (Å²) in [7, 11) is 0. The molecule has 0 spiro atoms. The summed E-state index contributed by atoms with van der Waals surface area (Å²) in [5.41, 5.74) is 1.08. The van der Waals surface area contributed by atoms with Crippen molar-refractivity contribution in [1.82, 2.24) is 9.55 Å². The first-order valence-corrected chi connectivity index (χ1v) is 7.53. The van der Waals surface area contributed by atoms with Crippen LogP contribution in [0.2, 0.25) is 0 Å². The van der Waals surface area contributed by atoms with Gasteiger partial charge in [0, 0.05) is 22.9 Å². The fourth-order valence-electron chi connectivity index (χ4n) is 2.23. The number of halogens is 1. The van der Waals surface area contributed by atoms with Gasteiger partial charge in [-0.25, -0.2) is 4.98 Å². The Morgan fingerprint density at radius 2 is 2.25 bits per heavy atom. The minimum atomic E-state index is -0.0307. The van der Waals surface area contributed by atoms with Crippen molar-refractivity contribution in [2.45, 2.75) is 31.8 Å². The van der Waals surface area contributed by atoms with Crippen LogP contribution in [0, 0.1) is 0 Å². The molecule has 20 heavy (non-hydrogen) atoms. The normalized spacial score (nSPS) is 15.9. The second kappa shape index (κ2) is 5.40. The fourth-order valence-corrected chi connectivity index (χ4v) is 2.65. The zero-order chi connectivity index (χ0) is 14.1. The number of rotatable bonds is 4. The summed E-state index contributed by atoms with van der Waals surface area (Å²) in [6, 6.07) is 8.44. The second-order valence-corrected chi connectivity index (χ2v) is 6.06. The van der Waals surface area contributed by atoms with Gasteiger partial charge in [0.1, 0.15) is 0 Å². The molecule has 1 aliphatic carbocycles. The first-order chi connectivity index (χ1) is 9.65.